The van der Waals surface area contributed by atoms with Crippen LogP contribution in [0.1, 0.15) is 22.5 Å². The van der Waals surface area contributed by atoms with Crippen LogP contribution in [0.2, 0.25) is 0 Å². The van der Waals surface area contributed by atoms with Gasteiger partial charge in [0, 0.05) is 6.42 Å². The maximum atomic E-state index is 4.68. The maximum absolute atomic E-state index is 4.68. The molecule has 3 aromatic rings. The van der Waals surface area contributed by atoms with Gasteiger partial charge in [0.15, 0.2) is 0 Å². The lowest BCUT2D eigenvalue weighted by Gasteiger charge is -1.96. The molecular formula is C14H14N2S. The lowest BCUT2D eigenvalue weighted by atomic mass is 10.1. The van der Waals surface area contributed by atoms with E-state index in [-0.39, 0.29) is 0 Å². The van der Waals surface area contributed by atoms with Gasteiger partial charge in [0.2, 0.25) is 0 Å². The third kappa shape index (κ3) is 1.98. The first-order valence-corrected chi connectivity index (χ1v) is 6.63. The van der Waals surface area contributed by atoms with Gasteiger partial charge >= 0.3 is 0 Å². The number of rotatable bonds is 2. The number of nitrogens with zero attached hydrogens (tertiary/aromatic N) is 1. The molecule has 0 radical (unpaired) electrons. The van der Waals surface area contributed by atoms with E-state index in [0.717, 1.165) is 23.3 Å². The van der Waals surface area contributed by atoms with Crippen LogP contribution in [0.5, 0.6) is 0 Å². The second kappa shape index (κ2) is 4.00. The molecule has 0 aliphatic heterocycles. The molecule has 2 nitrogen and oxygen atoms in total. The van der Waals surface area contributed by atoms with Crippen molar-refractivity contribution in [1.82, 2.24) is 9.97 Å². The predicted molar refractivity (Wildman–Crippen MR) is 72.7 cm³/mol. The Kier molecular flexibility index (Phi) is 2.48. The van der Waals surface area contributed by atoms with E-state index in [1.165, 1.54) is 16.7 Å². The normalized spacial score (nSPS) is 11.2. The first-order valence-electron chi connectivity index (χ1n) is 5.69. The van der Waals surface area contributed by atoms with E-state index in [0.29, 0.717) is 0 Å². The van der Waals surface area contributed by atoms with Crippen LogP contribution in [0.3, 0.4) is 0 Å². The fourth-order valence-corrected chi connectivity index (χ4v) is 2.86. The summed E-state index contributed by atoms with van der Waals surface area (Å²) in [6.07, 6.45) is 0.886. The molecular weight excluding hydrogens is 228 g/mol. The maximum Gasteiger partial charge on any atom is 0.111 e. The van der Waals surface area contributed by atoms with E-state index in [2.05, 4.69) is 52.8 Å². The summed E-state index contributed by atoms with van der Waals surface area (Å²) in [5, 5.41) is 4.28. The van der Waals surface area contributed by atoms with Gasteiger partial charge in [-0.25, -0.2) is 4.98 Å². The van der Waals surface area contributed by atoms with Crippen molar-refractivity contribution in [2.24, 2.45) is 0 Å². The van der Waals surface area contributed by atoms with E-state index in [4.69, 9.17) is 0 Å². The summed E-state index contributed by atoms with van der Waals surface area (Å²) in [7, 11) is 0. The Labute approximate surface area is 104 Å². The SMILES string of the molecule is Cc1cc(C)c2nc(Cc3ccsc3)[nH]c2c1. The predicted octanol–water partition coefficient (Wildman–Crippen LogP) is 3.83. The molecule has 2 aromatic heterocycles. The minimum atomic E-state index is 0.886. The monoisotopic (exact) mass is 242 g/mol. The van der Waals surface area contributed by atoms with Crippen molar-refractivity contribution < 1.29 is 0 Å². The van der Waals surface area contributed by atoms with Gasteiger partial charge in [-0.1, -0.05) is 6.07 Å². The zero-order valence-corrected chi connectivity index (χ0v) is 10.8. The first-order chi connectivity index (χ1) is 8.22. The van der Waals surface area contributed by atoms with Crippen molar-refractivity contribution in [2.75, 3.05) is 0 Å². The average Bonchev–Trinajstić information content (AvgIpc) is 2.87. The number of aryl methyl sites for hydroxylation is 2. The standard InChI is InChI=1S/C14H14N2S/c1-9-5-10(2)14-12(6-9)15-13(16-14)7-11-3-4-17-8-11/h3-6,8H,7H2,1-2H3,(H,15,16). The fourth-order valence-electron chi connectivity index (χ4n) is 2.19. The number of aromatic nitrogens is 2. The lowest BCUT2D eigenvalue weighted by Crippen LogP contribution is -1.87. The molecule has 0 bridgehead atoms. The first kappa shape index (κ1) is 10.5. The minimum Gasteiger partial charge on any atom is -0.342 e. The summed E-state index contributed by atoms with van der Waals surface area (Å²) in [4.78, 5) is 8.09. The molecule has 0 saturated heterocycles. The number of nitrogens with one attached hydrogen (secondary N) is 1. The summed E-state index contributed by atoms with van der Waals surface area (Å²) in [5.74, 6) is 1.05. The number of benzene rings is 1. The van der Waals surface area contributed by atoms with Gasteiger partial charge in [0.05, 0.1) is 11.0 Å². The molecule has 1 N–H and O–H groups in total. The Bertz CT molecular complexity index is 650. The fraction of sp³-hybridized carbons (Fsp3) is 0.214. The Morgan fingerprint density at radius 2 is 2.18 bits per heavy atom. The number of H-pyrrole nitrogens is 1. The Balaban J connectivity index is 2.05. The lowest BCUT2D eigenvalue weighted by molar-refractivity contribution is 1.04. The molecule has 0 spiro atoms. The van der Waals surface area contributed by atoms with Crippen molar-refractivity contribution in [1.29, 1.82) is 0 Å². The molecule has 0 amide bonds. The zero-order valence-electron chi connectivity index (χ0n) is 9.95. The van der Waals surface area contributed by atoms with Gasteiger partial charge in [0.25, 0.3) is 0 Å². The van der Waals surface area contributed by atoms with Crippen LogP contribution in [0, 0.1) is 13.8 Å². The van der Waals surface area contributed by atoms with E-state index in [1.807, 2.05) is 0 Å². The topological polar surface area (TPSA) is 28.7 Å². The quantitative estimate of drug-likeness (QED) is 0.727. The highest BCUT2D eigenvalue weighted by molar-refractivity contribution is 7.07. The highest BCUT2D eigenvalue weighted by atomic mass is 32.1. The molecule has 0 aliphatic carbocycles. The highest BCUT2D eigenvalue weighted by Crippen LogP contribution is 2.20. The summed E-state index contributed by atoms with van der Waals surface area (Å²) < 4.78 is 0. The Morgan fingerprint density at radius 1 is 1.29 bits per heavy atom. The van der Waals surface area contributed by atoms with Gasteiger partial charge in [-0.3, -0.25) is 0 Å². The molecule has 0 fully saturated rings. The zero-order chi connectivity index (χ0) is 11.8. The van der Waals surface area contributed by atoms with E-state index < -0.39 is 0 Å². The van der Waals surface area contributed by atoms with Crippen molar-refractivity contribution in [2.45, 2.75) is 20.3 Å². The third-order valence-corrected chi connectivity index (χ3v) is 3.65. The highest BCUT2D eigenvalue weighted by Gasteiger charge is 2.06. The molecule has 0 atom stereocenters. The molecule has 0 saturated carbocycles. The Morgan fingerprint density at radius 3 is 2.94 bits per heavy atom. The summed E-state index contributed by atoms with van der Waals surface area (Å²) >= 11 is 1.73. The van der Waals surface area contributed by atoms with Crippen LogP contribution in [-0.4, -0.2) is 9.97 Å². The smallest absolute Gasteiger partial charge is 0.111 e. The van der Waals surface area contributed by atoms with Crippen LogP contribution in [0.15, 0.2) is 29.0 Å². The van der Waals surface area contributed by atoms with Gasteiger partial charge in [-0.2, -0.15) is 11.3 Å². The molecule has 3 rings (SSSR count). The molecule has 2 heterocycles. The number of aromatic amines is 1. The number of hydrogen-bond donors (Lipinski definition) is 1. The van der Waals surface area contributed by atoms with Gasteiger partial charge in [-0.15, -0.1) is 0 Å². The van der Waals surface area contributed by atoms with E-state index in [9.17, 15) is 0 Å². The molecule has 86 valence electrons. The molecule has 0 aliphatic rings. The largest absolute Gasteiger partial charge is 0.342 e. The second-order valence-electron chi connectivity index (χ2n) is 4.47. The number of hydrogen-bond acceptors (Lipinski definition) is 2. The van der Waals surface area contributed by atoms with Gasteiger partial charge in [-0.05, 0) is 53.4 Å². The van der Waals surface area contributed by atoms with Gasteiger partial charge < -0.3 is 4.98 Å². The average molecular weight is 242 g/mol. The van der Waals surface area contributed by atoms with Crippen LogP contribution in [-0.2, 0) is 6.42 Å². The van der Waals surface area contributed by atoms with Crippen LogP contribution < -0.4 is 0 Å². The van der Waals surface area contributed by atoms with Crippen molar-refractivity contribution in [3.8, 4) is 0 Å². The summed E-state index contributed by atoms with van der Waals surface area (Å²) in [6, 6.07) is 6.49. The van der Waals surface area contributed by atoms with Crippen molar-refractivity contribution in [3.63, 3.8) is 0 Å². The van der Waals surface area contributed by atoms with Crippen LogP contribution in [0.25, 0.3) is 11.0 Å². The molecule has 1 aromatic carbocycles. The molecule has 0 unspecified atom stereocenters. The van der Waals surface area contributed by atoms with Crippen LogP contribution >= 0.6 is 11.3 Å². The van der Waals surface area contributed by atoms with Crippen molar-refractivity contribution >= 4 is 22.4 Å². The van der Waals surface area contributed by atoms with E-state index >= 15 is 0 Å². The number of imidazole rings is 1. The van der Waals surface area contributed by atoms with E-state index in [1.54, 1.807) is 11.3 Å². The number of thiophene rings is 1. The minimum absolute atomic E-state index is 0.886. The molecule has 3 heteroatoms. The van der Waals surface area contributed by atoms with Gasteiger partial charge in [0.1, 0.15) is 5.82 Å². The summed E-state index contributed by atoms with van der Waals surface area (Å²) in [5.41, 5.74) is 6.09. The third-order valence-electron chi connectivity index (χ3n) is 2.92. The van der Waals surface area contributed by atoms with Crippen LogP contribution in [0.4, 0.5) is 0 Å². The van der Waals surface area contributed by atoms with Crippen molar-refractivity contribution in [3.05, 3.63) is 51.5 Å². The number of fused-ring (bicyclic) bond motifs is 1. The molecule has 17 heavy (non-hydrogen) atoms. The second-order valence-corrected chi connectivity index (χ2v) is 5.25. The Hall–Kier alpha value is -1.61. The summed E-state index contributed by atoms with van der Waals surface area (Å²) in [6.45, 7) is 4.23.